The first-order valence-electron chi connectivity index (χ1n) is 4.66. The fourth-order valence-electron chi connectivity index (χ4n) is 1.13. The molecule has 0 spiro atoms. The van der Waals surface area contributed by atoms with E-state index in [0.29, 0.717) is 0 Å². The lowest BCUT2D eigenvalue weighted by Crippen LogP contribution is -2.14. The van der Waals surface area contributed by atoms with Crippen LogP contribution in [-0.2, 0) is 6.18 Å². The largest absolute Gasteiger partial charge is 0.416 e. The summed E-state index contributed by atoms with van der Waals surface area (Å²) >= 11 is 0. The molecule has 0 saturated carbocycles. The van der Waals surface area contributed by atoms with E-state index in [9.17, 15) is 26.3 Å². The van der Waals surface area contributed by atoms with E-state index in [1.807, 2.05) is 0 Å². The van der Waals surface area contributed by atoms with E-state index in [4.69, 9.17) is 0 Å². The molecule has 0 fully saturated rings. The second kappa shape index (κ2) is 4.85. The highest BCUT2D eigenvalue weighted by Crippen LogP contribution is 2.29. The van der Waals surface area contributed by atoms with Crippen LogP contribution in [0.4, 0.5) is 32.0 Å². The number of hydrogen-bond acceptors (Lipinski definition) is 1. The standard InChI is InChI=1S/C10H9F6N/c11-9(12,13)5-6-17-8-3-1-7(2-4-8)10(14,15)16/h1-4,17H,5-6H2. The Labute approximate surface area is 93.4 Å². The predicted molar refractivity (Wildman–Crippen MR) is 50.6 cm³/mol. The molecule has 7 heteroatoms. The van der Waals surface area contributed by atoms with Gasteiger partial charge >= 0.3 is 12.4 Å². The van der Waals surface area contributed by atoms with Crippen molar-refractivity contribution in [1.82, 2.24) is 0 Å². The Morgan fingerprint density at radius 3 is 1.82 bits per heavy atom. The third-order valence-electron chi connectivity index (χ3n) is 1.95. The molecule has 1 aromatic carbocycles. The lowest BCUT2D eigenvalue weighted by molar-refractivity contribution is -0.137. The molecule has 0 amide bonds. The second-order valence-corrected chi connectivity index (χ2v) is 3.37. The van der Waals surface area contributed by atoms with Crippen molar-refractivity contribution in [3.8, 4) is 0 Å². The fourth-order valence-corrected chi connectivity index (χ4v) is 1.13. The molecule has 0 radical (unpaired) electrons. The molecule has 0 aromatic heterocycles. The van der Waals surface area contributed by atoms with Gasteiger partial charge in [-0.25, -0.2) is 0 Å². The van der Waals surface area contributed by atoms with Crippen LogP contribution in [0.3, 0.4) is 0 Å². The fraction of sp³-hybridized carbons (Fsp3) is 0.400. The second-order valence-electron chi connectivity index (χ2n) is 3.37. The number of rotatable bonds is 3. The minimum Gasteiger partial charge on any atom is -0.385 e. The maximum atomic E-state index is 12.2. The molecule has 0 atom stereocenters. The van der Waals surface area contributed by atoms with Gasteiger partial charge in [0.25, 0.3) is 0 Å². The van der Waals surface area contributed by atoms with E-state index >= 15 is 0 Å². The average Bonchev–Trinajstić information content (AvgIpc) is 2.15. The zero-order valence-electron chi connectivity index (χ0n) is 8.49. The van der Waals surface area contributed by atoms with Crippen LogP contribution in [-0.4, -0.2) is 12.7 Å². The van der Waals surface area contributed by atoms with Crippen molar-refractivity contribution < 1.29 is 26.3 Å². The van der Waals surface area contributed by atoms with Gasteiger partial charge in [0.05, 0.1) is 12.0 Å². The summed E-state index contributed by atoms with van der Waals surface area (Å²) in [5, 5.41) is 2.39. The van der Waals surface area contributed by atoms with Crippen molar-refractivity contribution in [1.29, 1.82) is 0 Å². The highest BCUT2D eigenvalue weighted by Gasteiger charge is 2.30. The highest BCUT2D eigenvalue weighted by molar-refractivity contribution is 5.45. The van der Waals surface area contributed by atoms with Crippen LogP contribution in [0.15, 0.2) is 24.3 Å². The van der Waals surface area contributed by atoms with Crippen molar-refractivity contribution >= 4 is 5.69 Å². The first kappa shape index (κ1) is 13.7. The SMILES string of the molecule is FC(F)(F)CCNc1ccc(C(F)(F)F)cc1. The van der Waals surface area contributed by atoms with E-state index in [1.54, 1.807) is 0 Å². The van der Waals surface area contributed by atoms with Crippen LogP contribution in [0.25, 0.3) is 0 Å². The molecular weight excluding hydrogens is 248 g/mol. The quantitative estimate of drug-likeness (QED) is 0.805. The number of halogens is 6. The lowest BCUT2D eigenvalue weighted by Gasteiger charge is -2.10. The van der Waals surface area contributed by atoms with E-state index in [1.165, 1.54) is 0 Å². The van der Waals surface area contributed by atoms with Crippen LogP contribution >= 0.6 is 0 Å². The molecule has 17 heavy (non-hydrogen) atoms. The van der Waals surface area contributed by atoms with Gasteiger partial charge in [0.2, 0.25) is 0 Å². The Hall–Kier alpha value is -1.40. The summed E-state index contributed by atoms with van der Waals surface area (Å²) in [6.45, 7) is -0.366. The topological polar surface area (TPSA) is 12.0 Å². The minimum absolute atomic E-state index is 0.224. The summed E-state index contributed by atoms with van der Waals surface area (Å²) in [5.74, 6) is 0. The molecule has 1 rings (SSSR count). The molecule has 1 nitrogen and oxygen atoms in total. The molecule has 1 aromatic rings. The third kappa shape index (κ3) is 4.97. The summed E-state index contributed by atoms with van der Waals surface area (Å²) in [5.41, 5.74) is -0.610. The van der Waals surface area contributed by atoms with Gasteiger partial charge in [-0.3, -0.25) is 0 Å². The molecule has 0 heterocycles. The van der Waals surface area contributed by atoms with Gasteiger partial charge in [-0.15, -0.1) is 0 Å². The lowest BCUT2D eigenvalue weighted by atomic mass is 10.2. The van der Waals surface area contributed by atoms with Crippen molar-refractivity contribution in [3.05, 3.63) is 29.8 Å². The smallest absolute Gasteiger partial charge is 0.385 e. The first-order chi connectivity index (χ1) is 7.68. The van der Waals surface area contributed by atoms with Crippen molar-refractivity contribution in [2.45, 2.75) is 18.8 Å². The molecule has 0 bridgehead atoms. The molecule has 0 aliphatic carbocycles. The van der Waals surface area contributed by atoms with Crippen molar-refractivity contribution in [3.63, 3.8) is 0 Å². The maximum absolute atomic E-state index is 12.2. The van der Waals surface area contributed by atoms with Gasteiger partial charge in [-0.2, -0.15) is 26.3 Å². The number of nitrogens with one attached hydrogen (secondary N) is 1. The summed E-state index contributed by atoms with van der Waals surface area (Å²) in [4.78, 5) is 0. The molecule has 1 N–H and O–H groups in total. The number of alkyl halides is 6. The van der Waals surface area contributed by atoms with Crippen LogP contribution in [0.2, 0.25) is 0 Å². The Kier molecular flexibility index (Phi) is 3.90. The van der Waals surface area contributed by atoms with E-state index in [2.05, 4.69) is 5.32 Å². The molecular formula is C10H9F6N. The molecule has 0 aliphatic rings. The van der Waals surface area contributed by atoms with Gasteiger partial charge < -0.3 is 5.32 Å². The van der Waals surface area contributed by atoms with Gasteiger partial charge in [0.15, 0.2) is 0 Å². The van der Waals surface area contributed by atoms with Crippen molar-refractivity contribution in [2.75, 3.05) is 11.9 Å². The number of anilines is 1. The Morgan fingerprint density at radius 1 is 0.882 bits per heavy atom. The normalized spacial score (nSPS) is 12.6. The predicted octanol–water partition coefficient (Wildman–Crippen LogP) is 4.07. The monoisotopic (exact) mass is 257 g/mol. The third-order valence-corrected chi connectivity index (χ3v) is 1.95. The molecule has 0 aliphatic heterocycles. The average molecular weight is 257 g/mol. The van der Waals surface area contributed by atoms with Gasteiger partial charge in [-0.05, 0) is 24.3 Å². The van der Waals surface area contributed by atoms with Crippen LogP contribution < -0.4 is 5.32 Å². The summed E-state index contributed by atoms with van der Waals surface area (Å²) in [6.07, 6.45) is -9.75. The number of benzene rings is 1. The summed E-state index contributed by atoms with van der Waals surface area (Å²) < 4.78 is 71.8. The molecule has 0 saturated heterocycles. The highest BCUT2D eigenvalue weighted by atomic mass is 19.4. The zero-order valence-corrected chi connectivity index (χ0v) is 8.49. The summed E-state index contributed by atoms with van der Waals surface area (Å²) in [6, 6.07) is 3.82. The van der Waals surface area contributed by atoms with Crippen LogP contribution in [0.5, 0.6) is 0 Å². The Morgan fingerprint density at radius 2 is 1.41 bits per heavy atom. The zero-order chi connectivity index (χ0) is 13.1. The first-order valence-corrected chi connectivity index (χ1v) is 4.66. The number of hydrogen-bond donors (Lipinski definition) is 1. The Bertz CT molecular complexity index is 351. The van der Waals surface area contributed by atoms with Gasteiger partial charge in [0.1, 0.15) is 0 Å². The summed E-state index contributed by atoms with van der Waals surface area (Å²) in [7, 11) is 0. The van der Waals surface area contributed by atoms with Crippen LogP contribution in [0, 0.1) is 0 Å². The molecule has 96 valence electrons. The maximum Gasteiger partial charge on any atom is 0.416 e. The van der Waals surface area contributed by atoms with E-state index in [0.717, 1.165) is 24.3 Å². The molecule has 0 unspecified atom stereocenters. The van der Waals surface area contributed by atoms with Crippen LogP contribution in [0.1, 0.15) is 12.0 Å². The van der Waals surface area contributed by atoms with Gasteiger partial charge in [0, 0.05) is 12.2 Å². The van der Waals surface area contributed by atoms with Gasteiger partial charge in [-0.1, -0.05) is 0 Å². The van der Waals surface area contributed by atoms with E-state index < -0.39 is 24.3 Å². The Balaban J connectivity index is 2.52. The van der Waals surface area contributed by atoms with Crippen molar-refractivity contribution in [2.24, 2.45) is 0 Å². The minimum atomic E-state index is -4.44. The van der Waals surface area contributed by atoms with E-state index in [-0.39, 0.29) is 12.2 Å².